The number of hydrogen-bond acceptors (Lipinski definition) is 1. The van der Waals surface area contributed by atoms with E-state index in [1.807, 2.05) is 0 Å². The van der Waals surface area contributed by atoms with Crippen LogP contribution in [0.4, 0.5) is 0 Å². The van der Waals surface area contributed by atoms with Gasteiger partial charge in [0, 0.05) is 6.10 Å². The Morgan fingerprint density at radius 3 is 2.25 bits per heavy atom. The molecule has 0 unspecified atom stereocenters. The molecule has 0 bridgehead atoms. The number of hydrogen-bond donors (Lipinski definition) is 0. The van der Waals surface area contributed by atoms with Gasteiger partial charge in [-0.2, -0.15) is 0 Å². The summed E-state index contributed by atoms with van der Waals surface area (Å²) in [4.78, 5) is 0. The highest BCUT2D eigenvalue weighted by atomic mass is 28.4. The second-order valence-electron chi connectivity index (χ2n) is 5.25. The molecule has 1 nitrogen and oxygen atoms in total. The molecule has 0 amide bonds. The monoisotopic (exact) mass is 234 g/mol. The van der Waals surface area contributed by atoms with E-state index in [0.29, 0.717) is 6.10 Å². The van der Waals surface area contributed by atoms with E-state index in [0.717, 1.165) is 0 Å². The molecule has 16 heavy (non-hydrogen) atoms. The lowest BCUT2D eigenvalue weighted by molar-refractivity contribution is 0.150. The topological polar surface area (TPSA) is 9.23 Å². The van der Waals surface area contributed by atoms with E-state index in [4.69, 9.17) is 4.43 Å². The van der Waals surface area contributed by atoms with Crippen LogP contribution < -0.4 is 5.19 Å². The van der Waals surface area contributed by atoms with Crippen molar-refractivity contribution in [1.82, 2.24) is 0 Å². The third-order valence-corrected chi connectivity index (χ3v) is 6.13. The van der Waals surface area contributed by atoms with E-state index in [9.17, 15) is 0 Å². The summed E-state index contributed by atoms with van der Waals surface area (Å²) in [5.41, 5.74) is 0. The molecule has 0 heterocycles. The molecule has 0 radical (unpaired) electrons. The maximum Gasteiger partial charge on any atom is 0.218 e. The van der Waals surface area contributed by atoms with Crippen molar-refractivity contribution >= 4 is 13.5 Å². The first-order valence-electron chi connectivity index (χ1n) is 6.42. The molecule has 2 heteroatoms. The van der Waals surface area contributed by atoms with Crippen LogP contribution in [0.25, 0.3) is 0 Å². The third-order valence-electron chi connectivity index (χ3n) is 3.48. The van der Waals surface area contributed by atoms with Crippen molar-refractivity contribution in [2.75, 3.05) is 0 Å². The summed E-state index contributed by atoms with van der Waals surface area (Å²) in [5.74, 6) is 0. The van der Waals surface area contributed by atoms with Gasteiger partial charge in [0.25, 0.3) is 0 Å². The SMILES string of the molecule is C[Si](C)(OC1CCCCC1)c1ccccc1. The molecule has 1 aromatic carbocycles. The molecular formula is C14H22OSi. The van der Waals surface area contributed by atoms with E-state index in [1.165, 1.54) is 37.3 Å². The Morgan fingerprint density at radius 1 is 1.00 bits per heavy atom. The zero-order valence-electron chi connectivity index (χ0n) is 10.4. The van der Waals surface area contributed by atoms with Gasteiger partial charge in [0.2, 0.25) is 8.32 Å². The molecule has 0 N–H and O–H groups in total. The molecule has 1 aromatic rings. The summed E-state index contributed by atoms with van der Waals surface area (Å²) in [6.45, 7) is 4.63. The molecule has 1 aliphatic rings. The molecule has 0 atom stereocenters. The minimum Gasteiger partial charge on any atom is -0.410 e. The third kappa shape index (κ3) is 2.95. The Balaban J connectivity index is 2.01. The number of rotatable bonds is 3. The highest BCUT2D eigenvalue weighted by Gasteiger charge is 2.29. The van der Waals surface area contributed by atoms with Gasteiger partial charge in [-0.15, -0.1) is 0 Å². The van der Waals surface area contributed by atoms with Crippen LogP contribution in [0.3, 0.4) is 0 Å². The molecule has 1 saturated carbocycles. The van der Waals surface area contributed by atoms with Crippen LogP contribution in [0, 0.1) is 0 Å². The summed E-state index contributed by atoms with van der Waals surface area (Å²) < 4.78 is 6.40. The summed E-state index contributed by atoms with van der Waals surface area (Å²) in [6, 6.07) is 10.8. The van der Waals surface area contributed by atoms with E-state index in [1.54, 1.807) is 0 Å². The van der Waals surface area contributed by atoms with Crippen LogP contribution >= 0.6 is 0 Å². The van der Waals surface area contributed by atoms with Crippen LogP contribution in [0.1, 0.15) is 32.1 Å². The van der Waals surface area contributed by atoms with Gasteiger partial charge in [-0.25, -0.2) is 0 Å². The fourth-order valence-electron chi connectivity index (χ4n) is 2.51. The van der Waals surface area contributed by atoms with Crippen LogP contribution in [-0.2, 0) is 4.43 Å². The van der Waals surface area contributed by atoms with Crippen LogP contribution in [0.15, 0.2) is 30.3 Å². The fourth-order valence-corrected chi connectivity index (χ4v) is 4.71. The molecule has 0 aromatic heterocycles. The second-order valence-corrected chi connectivity index (χ2v) is 9.09. The fraction of sp³-hybridized carbons (Fsp3) is 0.571. The van der Waals surface area contributed by atoms with Crippen molar-refractivity contribution in [3.63, 3.8) is 0 Å². The molecule has 88 valence electrons. The molecular weight excluding hydrogens is 212 g/mol. The van der Waals surface area contributed by atoms with Gasteiger partial charge in [-0.05, 0) is 31.1 Å². The Morgan fingerprint density at radius 2 is 1.62 bits per heavy atom. The van der Waals surface area contributed by atoms with Gasteiger partial charge in [0.05, 0.1) is 0 Å². The van der Waals surface area contributed by atoms with Crippen molar-refractivity contribution in [2.45, 2.75) is 51.3 Å². The molecule has 0 spiro atoms. The average Bonchev–Trinajstić information content (AvgIpc) is 2.31. The smallest absolute Gasteiger partial charge is 0.218 e. The summed E-state index contributed by atoms with van der Waals surface area (Å²) in [6.07, 6.45) is 7.16. The molecule has 1 fully saturated rings. The van der Waals surface area contributed by atoms with E-state index in [2.05, 4.69) is 43.4 Å². The number of benzene rings is 1. The predicted molar refractivity (Wildman–Crippen MR) is 71.5 cm³/mol. The molecule has 0 aliphatic heterocycles. The minimum absolute atomic E-state index is 0.524. The van der Waals surface area contributed by atoms with Crippen molar-refractivity contribution in [2.24, 2.45) is 0 Å². The van der Waals surface area contributed by atoms with Crippen LogP contribution in [-0.4, -0.2) is 14.4 Å². The quantitative estimate of drug-likeness (QED) is 0.728. The van der Waals surface area contributed by atoms with Gasteiger partial charge in [-0.1, -0.05) is 49.6 Å². The van der Waals surface area contributed by atoms with E-state index < -0.39 is 8.32 Å². The first-order valence-corrected chi connectivity index (χ1v) is 9.33. The maximum atomic E-state index is 6.40. The summed E-state index contributed by atoms with van der Waals surface area (Å²) in [7, 11) is -1.67. The lowest BCUT2D eigenvalue weighted by atomic mass is 9.98. The summed E-state index contributed by atoms with van der Waals surface area (Å²) in [5, 5.41) is 1.42. The second kappa shape index (κ2) is 5.15. The van der Waals surface area contributed by atoms with Crippen LogP contribution in [0.2, 0.25) is 13.1 Å². The lowest BCUT2D eigenvalue weighted by Crippen LogP contribution is -2.47. The van der Waals surface area contributed by atoms with Crippen molar-refractivity contribution in [3.8, 4) is 0 Å². The van der Waals surface area contributed by atoms with Crippen molar-refractivity contribution in [1.29, 1.82) is 0 Å². The Bertz CT molecular complexity index is 315. The largest absolute Gasteiger partial charge is 0.410 e. The normalized spacial score (nSPS) is 18.6. The minimum atomic E-state index is -1.67. The standard InChI is InChI=1S/C14H22OSi/c1-16(2,14-11-7-4-8-12-14)15-13-9-5-3-6-10-13/h4,7-8,11-13H,3,5-6,9-10H2,1-2H3. The Labute approximate surface area is 100.0 Å². The van der Waals surface area contributed by atoms with Gasteiger partial charge >= 0.3 is 0 Å². The average molecular weight is 234 g/mol. The zero-order chi connectivity index (χ0) is 11.4. The van der Waals surface area contributed by atoms with E-state index >= 15 is 0 Å². The van der Waals surface area contributed by atoms with Gasteiger partial charge in [0.1, 0.15) is 0 Å². The van der Waals surface area contributed by atoms with Crippen LogP contribution in [0.5, 0.6) is 0 Å². The van der Waals surface area contributed by atoms with Crippen molar-refractivity contribution < 1.29 is 4.43 Å². The molecule has 2 rings (SSSR count). The van der Waals surface area contributed by atoms with Gasteiger partial charge in [-0.3, -0.25) is 0 Å². The molecule has 1 aliphatic carbocycles. The predicted octanol–water partition coefficient (Wildman–Crippen LogP) is 3.45. The zero-order valence-corrected chi connectivity index (χ0v) is 11.4. The van der Waals surface area contributed by atoms with Gasteiger partial charge in [0.15, 0.2) is 0 Å². The first kappa shape index (κ1) is 11.9. The van der Waals surface area contributed by atoms with Crippen molar-refractivity contribution in [3.05, 3.63) is 30.3 Å². The van der Waals surface area contributed by atoms with Gasteiger partial charge < -0.3 is 4.43 Å². The maximum absolute atomic E-state index is 6.40. The Hall–Kier alpha value is -0.603. The highest BCUT2D eigenvalue weighted by molar-refractivity contribution is 6.84. The first-order chi connectivity index (χ1) is 7.68. The lowest BCUT2D eigenvalue weighted by Gasteiger charge is -2.32. The highest BCUT2D eigenvalue weighted by Crippen LogP contribution is 2.23. The summed E-state index contributed by atoms with van der Waals surface area (Å²) >= 11 is 0. The Kier molecular flexibility index (Phi) is 3.82. The van der Waals surface area contributed by atoms with E-state index in [-0.39, 0.29) is 0 Å². The molecule has 0 saturated heterocycles.